The van der Waals surface area contributed by atoms with E-state index in [1.807, 2.05) is 17.6 Å². The number of amides is 2. The van der Waals surface area contributed by atoms with E-state index in [9.17, 15) is 9.59 Å². The van der Waals surface area contributed by atoms with Crippen LogP contribution in [0.3, 0.4) is 0 Å². The van der Waals surface area contributed by atoms with Gasteiger partial charge in [-0.1, -0.05) is 12.1 Å². The maximum Gasteiger partial charge on any atom is 0.423 e. The second-order valence-corrected chi connectivity index (χ2v) is 8.91. The van der Waals surface area contributed by atoms with Gasteiger partial charge >= 0.3 is 6.09 Å². The fraction of sp³-hybridized carbons (Fsp3) is 0.375. The highest BCUT2D eigenvalue weighted by Crippen LogP contribution is 2.28. The summed E-state index contributed by atoms with van der Waals surface area (Å²) < 4.78 is 13.4. The molecule has 4 rings (SSSR count). The van der Waals surface area contributed by atoms with Gasteiger partial charge in [0.05, 0.1) is 12.2 Å². The van der Waals surface area contributed by atoms with Crippen molar-refractivity contribution in [1.29, 1.82) is 0 Å². The van der Waals surface area contributed by atoms with Crippen LogP contribution in [0, 0.1) is 6.92 Å². The molecule has 3 heterocycles. The van der Waals surface area contributed by atoms with E-state index in [0.717, 1.165) is 23.3 Å². The average molecular weight is 450 g/mol. The first-order valence-electron chi connectivity index (χ1n) is 10.9. The number of rotatable bonds is 0. The Morgan fingerprint density at radius 1 is 1.15 bits per heavy atom. The van der Waals surface area contributed by atoms with Crippen molar-refractivity contribution in [2.75, 3.05) is 11.5 Å². The number of pyridine rings is 1. The summed E-state index contributed by atoms with van der Waals surface area (Å²) in [5.74, 6) is 0.529. The van der Waals surface area contributed by atoms with E-state index in [1.165, 1.54) is 0 Å². The van der Waals surface area contributed by atoms with Crippen molar-refractivity contribution < 1.29 is 19.1 Å². The molecule has 0 radical (unpaired) electrons. The topological polar surface area (TPSA) is 99.4 Å². The number of hydrogen-bond donors (Lipinski definition) is 0. The van der Waals surface area contributed by atoms with Crippen molar-refractivity contribution in [3.05, 3.63) is 53.9 Å². The van der Waals surface area contributed by atoms with E-state index >= 15 is 0 Å². The van der Waals surface area contributed by atoms with Crippen LogP contribution >= 0.6 is 0 Å². The van der Waals surface area contributed by atoms with E-state index in [1.54, 1.807) is 57.4 Å². The number of fused-ring (bicyclic) bond motifs is 5. The fourth-order valence-corrected chi connectivity index (χ4v) is 3.49. The third kappa shape index (κ3) is 5.02. The molecule has 3 aromatic rings. The first kappa shape index (κ1) is 22.4. The third-order valence-corrected chi connectivity index (χ3v) is 5.01. The van der Waals surface area contributed by atoms with E-state index in [0.29, 0.717) is 30.4 Å². The molecule has 0 fully saturated rings. The van der Waals surface area contributed by atoms with Crippen LogP contribution in [-0.4, -0.2) is 44.0 Å². The minimum atomic E-state index is -0.822. The van der Waals surface area contributed by atoms with Crippen molar-refractivity contribution in [2.24, 2.45) is 0 Å². The SMILES string of the molecule is Cc1ccc2c(c1)OCCCCn1cnnc1-c1cccc(n1)N(C(=O)OC(C)(C)C)C2=O. The summed E-state index contributed by atoms with van der Waals surface area (Å²) in [7, 11) is 0. The third-order valence-electron chi connectivity index (χ3n) is 5.01. The molecule has 0 atom stereocenters. The van der Waals surface area contributed by atoms with E-state index in [-0.39, 0.29) is 11.4 Å². The number of anilines is 1. The average Bonchev–Trinajstić information content (AvgIpc) is 3.20. The lowest BCUT2D eigenvalue weighted by molar-refractivity contribution is 0.0562. The molecule has 33 heavy (non-hydrogen) atoms. The minimum absolute atomic E-state index is 0.130. The Labute approximate surface area is 192 Å². The molecule has 1 aliphatic rings. The van der Waals surface area contributed by atoms with Crippen molar-refractivity contribution >= 4 is 17.8 Å². The van der Waals surface area contributed by atoms with Crippen molar-refractivity contribution in [3.63, 3.8) is 0 Å². The number of nitrogens with zero attached hydrogens (tertiary/aromatic N) is 5. The predicted molar refractivity (Wildman–Crippen MR) is 122 cm³/mol. The number of benzene rings is 1. The number of carbonyl (C=O) groups is 2. The number of carbonyl (C=O) groups excluding carboxylic acids is 2. The number of ether oxygens (including phenoxy) is 2. The normalized spacial score (nSPS) is 14.5. The highest BCUT2D eigenvalue weighted by molar-refractivity contribution is 6.19. The quantitative estimate of drug-likeness (QED) is 0.501. The molecule has 0 aliphatic carbocycles. The molecule has 1 aromatic carbocycles. The van der Waals surface area contributed by atoms with Crippen LogP contribution in [0.25, 0.3) is 11.5 Å². The zero-order valence-electron chi connectivity index (χ0n) is 19.2. The zero-order chi connectivity index (χ0) is 23.6. The van der Waals surface area contributed by atoms with Gasteiger partial charge < -0.3 is 14.0 Å². The molecule has 9 heteroatoms. The number of imide groups is 1. The molecular weight excluding hydrogens is 422 g/mol. The summed E-state index contributed by atoms with van der Waals surface area (Å²) in [4.78, 5) is 32.5. The van der Waals surface area contributed by atoms with Gasteiger partial charge in [0, 0.05) is 6.54 Å². The zero-order valence-corrected chi connectivity index (χ0v) is 19.2. The molecule has 0 saturated carbocycles. The summed E-state index contributed by atoms with van der Waals surface area (Å²) >= 11 is 0. The summed E-state index contributed by atoms with van der Waals surface area (Å²) in [6, 6.07) is 10.4. The highest BCUT2D eigenvalue weighted by Gasteiger charge is 2.32. The lowest BCUT2D eigenvalue weighted by Gasteiger charge is -2.26. The van der Waals surface area contributed by atoms with Crippen LogP contribution in [0.15, 0.2) is 42.7 Å². The first-order chi connectivity index (χ1) is 15.7. The van der Waals surface area contributed by atoms with Crippen LogP contribution in [0.1, 0.15) is 49.5 Å². The van der Waals surface area contributed by atoms with Gasteiger partial charge in [-0.15, -0.1) is 10.2 Å². The maximum atomic E-state index is 13.7. The molecule has 0 saturated heterocycles. The fourth-order valence-electron chi connectivity index (χ4n) is 3.49. The van der Waals surface area contributed by atoms with Gasteiger partial charge in [0.15, 0.2) is 5.82 Å². The second kappa shape index (κ2) is 9.01. The summed E-state index contributed by atoms with van der Waals surface area (Å²) in [6.07, 6.45) is 2.43. The Morgan fingerprint density at radius 2 is 1.97 bits per heavy atom. The lowest BCUT2D eigenvalue weighted by atomic mass is 10.1. The van der Waals surface area contributed by atoms with Gasteiger partial charge in [-0.3, -0.25) is 4.79 Å². The monoisotopic (exact) mass is 449 g/mol. The molecule has 0 N–H and O–H groups in total. The Balaban J connectivity index is 1.87. The Hall–Kier alpha value is -3.75. The molecular formula is C24H27N5O4. The lowest BCUT2D eigenvalue weighted by Crippen LogP contribution is -2.41. The number of hydrogen-bond acceptors (Lipinski definition) is 7. The smallest absolute Gasteiger partial charge is 0.423 e. The number of aromatic nitrogens is 4. The predicted octanol–water partition coefficient (Wildman–Crippen LogP) is 4.40. The molecule has 0 unspecified atom stereocenters. The van der Waals surface area contributed by atoms with Crippen LogP contribution < -0.4 is 9.64 Å². The number of aryl methyl sites for hydroxylation is 2. The van der Waals surface area contributed by atoms with Gasteiger partial charge in [-0.25, -0.2) is 9.78 Å². The van der Waals surface area contributed by atoms with Crippen molar-refractivity contribution in [3.8, 4) is 17.3 Å². The Morgan fingerprint density at radius 3 is 2.76 bits per heavy atom. The van der Waals surface area contributed by atoms with Gasteiger partial charge in [-0.2, -0.15) is 4.90 Å². The van der Waals surface area contributed by atoms with Crippen LogP contribution in [0.4, 0.5) is 10.6 Å². The van der Waals surface area contributed by atoms with Crippen molar-refractivity contribution in [2.45, 2.75) is 52.7 Å². The van der Waals surface area contributed by atoms with E-state index in [2.05, 4.69) is 15.2 Å². The van der Waals surface area contributed by atoms with Crippen molar-refractivity contribution in [1.82, 2.24) is 19.7 Å². The molecule has 0 spiro atoms. The largest absolute Gasteiger partial charge is 0.493 e. The Bertz CT molecular complexity index is 1180. The highest BCUT2D eigenvalue weighted by atomic mass is 16.6. The molecule has 2 aromatic heterocycles. The van der Waals surface area contributed by atoms with E-state index in [4.69, 9.17) is 9.47 Å². The van der Waals surface area contributed by atoms with Crippen LogP contribution in [0.5, 0.6) is 5.75 Å². The molecule has 2 amide bonds. The van der Waals surface area contributed by atoms with E-state index < -0.39 is 17.6 Å². The standard InChI is InChI=1S/C24H27N5O4/c1-16-10-11-17-19(14-16)32-13-6-5-12-28-15-25-27-21(28)18-8-7-9-20(26-18)29(22(17)30)23(31)33-24(2,3)4/h7-11,14-15H,5-6,12-13H2,1-4H3. The minimum Gasteiger partial charge on any atom is -0.493 e. The molecule has 9 nitrogen and oxygen atoms in total. The van der Waals surface area contributed by atoms with Crippen LogP contribution in [0.2, 0.25) is 0 Å². The van der Waals surface area contributed by atoms with Gasteiger partial charge in [-0.05, 0) is 70.4 Å². The first-order valence-corrected chi connectivity index (χ1v) is 10.9. The van der Waals surface area contributed by atoms with Gasteiger partial charge in [0.2, 0.25) is 0 Å². The Kier molecular flexibility index (Phi) is 6.13. The summed E-state index contributed by atoms with van der Waals surface area (Å²) in [6.45, 7) is 8.26. The summed E-state index contributed by atoms with van der Waals surface area (Å²) in [5.41, 5.74) is 0.907. The second-order valence-electron chi connectivity index (χ2n) is 8.91. The maximum absolute atomic E-state index is 13.7. The van der Waals surface area contributed by atoms with Gasteiger partial charge in [0.1, 0.15) is 29.2 Å². The molecule has 172 valence electrons. The van der Waals surface area contributed by atoms with Gasteiger partial charge in [0.25, 0.3) is 5.91 Å². The molecule has 2 bridgehead atoms. The molecule has 1 aliphatic heterocycles. The summed E-state index contributed by atoms with van der Waals surface area (Å²) in [5, 5.41) is 8.21. The van der Waals surface area contributed by atoms with Crippen LogP contribution in [-0.2, 0) is 11.3 Å².